The minimum Gasteiger partial charge on any atom is -0.458 e. The van der Waals surface area contributed by atoms with Gasteiger partial charge in [0.05, 0.1) is 27.8 Å². The smallest absolute Gasteiger partial charge is 0.270 e. The van der Waals surface area contributed by atoms with Crippen LogP contribution >= 0.6 is 0 Å². The van der Waals surface area contributed by atoms with E-state index in [0.717, 1.165) is 73.3 Å². The van der Waals surface area contributed by atoms with Crippen molar-refractivity contribution in [2.75, 3.05) is 0 Å². The van der Waals surface area contributed by atoms with Gasteiger partial charge in [0.25, 0.3) is 6.71 Å². The van der Waals surface area contributed by atoms with Crippen molar-refractivity contribution >= 4 is 66.7 Å². The average Bonchev–Trinajstić information content (AvgIpc) is 3.65. The third-order valence-electron chi connectivity index (χ3n) is 10.4. The van der Waals surface area contributed by atoms with Crippen LogP contribution in [0.3, 0.4) is 0 Å². The Balaban J connectivity index is 1.22. The molecule has 2 aromatic heterocycles. The van der Waals surface area contributed by atoms with E-state index in [-0.39, 0.29) is 6.71 Å². The number of rotatable bonds is 2. The fourth-order valence-electron chi connectivity index (χ4n) is 8.55. The highest BCUT2D eigenvalue weighted by molar-refractivity contribution is 6.99. The first-order chi connectivity index (χ1) is 23.8. The Labute approximate surface area is 274 Å². The molecule has 0 fully saturated rings. The van der Waals surface area contributed by atoms with Crippen LogP contribution in [0.15, 0.2) is 140 Å². The molecule has 7 aromatic carbocycles. The predicted octanol–water partition coefficient (Wildman–Crippen LogP) is 8.71. The van der Waals surface area contributed by atoms with Crippen molar-refractivity contribution in [1.82, 2.24) is 9.13 Å². The van der Waals surface area contributed by atoms with Crippen LogP contribution in [-0.2, 0) is 0 Å². The molecule has 9 aromatic rings. The van der Waals surface area contributed by atoms with Gasteiger partial charge in [0.2, 0.25) is 0 Å². The molecule has 0 N–H and O–H groups in total. The summed E-state index contributed by atoms with van der Waals surface area (Å²) in [5, 5.41) is 4.83. The summed E-state index contributed by atoms with van der Waals surface area (Å²) >= 11 is 0. The topological polar surface area (TPSA) is 37.5 Å². The largest absolute Gasteiger partial charge is 0.458 e. The highest BCUT2D eigenvalue weighted by Gasteiger charge is 2.46. The van der Waals surface area contributed by atoms with Gasteiger partial charge in [-0.3, -0.25) is 0 Å². The highest BCUT2D eigenvalue weighted by Crippen LogP contribution is 2.45. The molecule has 0 spiro atoms. The maximum absolute atomic E-state index is 6.76. The van der Waals surface area contributed by atoms with Crippen molar-refractivity contribution in [3.05, 3.63) is 140 Å². The average molecular weight is 614 g/mol. The lowest BCUT2D eigenvalue weighted by Gasteiger charge is -2.37. The fourth-order valence-corrected chi connectivity index (χ4v) is 8.55. The van der Waals surface area contributed by atoms with Gasteiger partial charge in [0, 0.05) is 55.8 Å². The molecular weight excluding hydrogens is 591 g/mol. The number of nitrogens with zero attached hydrogens (tertiary/aromatic N) is 2. The number of benzene rings is 7. The molecule has 0 amide bonds. The fraction of sp³-hybridized carbons (Fsp3) is 0. The Morgan fingerprint density at radius 1 is 0.354 bits per heavy atom. The van der Waals surface area contributed by atoms with Crippen LogP contribution in [0, 0.1) is 0 Å². The minimum absolute atomic E-state index is 0.0248. The highest BCUT2D eigenvalue weighted by atomic mass is 16.5. The molecule has 3 aliphatic heterocycles. The summed E-state index contributed by atoms with van der Waals surface area (Å²) in [4.78, 5) is 0. The number of para-hydroxylation sites is 3. The quantitative estimate of drug-likeness (QED) is 0.183. The van der Waals surface area contributed by atoms with Crippen LogP contribution in [0.2, 0.25) is 0 Å². The molecular formula is C42H23BN2O3. The molecule has 12 rings (SSSR count). The first-order valence-electron chi connectivity index (χ1n) is 16.3. The maximum atomic E-state index is 6.76. The van der Waals surface area contributed by atoms with Gasteiger partial charge in [-0.15, -0.1) is 0 Å². The SMILES string of the molecule is c1ccc(-n2c3ccccc3c3ccc4c5ccccc5n(-c5cc6c7c(c5)Oc5cccc8c5B7c5c(cccc5O6)O8)c4c32)cc1. The number of ether oxygens (including phenoxy) is 3. The Morgan fingerprint density at radius 2 is 0.792 bits per heavy atom. The van der Waals surface area contributed by atoms with E-state index in [4.69, 9.17) is 14.2 Å². The van der Waals surface area contributed by atoms with Crippen molar-refractivity contribution in [3.8, 4) is 45.9 Å². The zero-order valence-electron chi connectivity index (χ0n) is 25.5. The predicted molar refractivity (Wildman–Crippen MR) is 193 cm³/mol. The van der Waals surface area contributed by atoms with Crippen LogP contribution in [-0.4, -0.2) is 15.8 Å². The van der Waals surface area contributed by atoms with Crippen LogP contribution in [0.5, 0.6) is 34.5 Å². The standard InChI is InChI=1S/C42H23BN2O3/c1-2-10-24(11-3-1)44-30-14-6-4-12-26(30)28-20-21-29-27-13-5-7-15-31(27)45(42(29)41(28)44)25-22-36-40-37(23-25)48-35-19-9-17-33-39(35)43(40)38-32(46-33)16-8-18-34(38)47-36/h1-23H. The van der Waals surface area contributed by atoms with E-state index in [2.05, 4.69) is 112 Å². The molecule has 6 heteroatoms. The van der Waals surface area contributed by atoms with Crippen LogP contribution in [0.25, 0.3) is 55.0 Å². The van der Waals surface area contributed by atoms with Gasteiger partial charge in [-0.25, -0.2) is 0 Å². The Bertz CT molecular complexity index is 2810. The monoisotopic (exact) mass is 614 g/mol. The summed E-state index contributed by atoms with van der Waals surface area (Å²) < 4.78 is 24.7. The number of fused-ring (bicyclic) bond motifs is 7. The van der Waals surface area contributed by atoms with Crippen LogP contribution in [0.4, 0.5) is 0 Å². The molecule has 0 bridgehead atoms. The molecule has 0 saturated carbocycles. The zero-order chi connectivity index (χ0) is 31.1. The van der Waals surface area contributed by atoms with E-state index >= 15 is 0 Å². The van der Waals surface area contributed by atoms with E-state index in [1.165, 1.54) is 32.6 Å². The number of hydrogen-bond donors (Lipinski definition) is 0. The van der Waals surface area contributed by atoms with Crippen molar-refractivity contribution in [3.63, 3.8) is 0 Å². The summed E-state index contributed by atoms with van der Waals surface area (Å²) in [6, 6.07) is 49.2. The lowest BCUT2D eigenvalue weighted by Crippen LogP contribution is -2.59. The van der Waals surface area contributed by atoms with Crippen molar-refractivity contribution in [2.24, 2.45) is 0 Å². The van der Waals surface area contributed by atoms with Gasteiger partial charge in [-0.1, -0.05) is 78.9 Å². The van der Waals surface area contributed by atoms with Crippen molar-refractivity contribution in [1.29, 1.82) is 0 Å². The van der Waals surface area contributed by atoms with E-state index in [0.29, 0.717) is 0 Å². The van der Waals surface area contributed by atoms with Crippen LogP contribution < -0.4 is 30.6 Å². The Morgan fingerprint density at radius 3 is 1.33 bits per heavy atom. The second-order valence-electron chi connectivity index (χ2n) is 12.8. The summed E-state index contributed by atoms with van der Waals surface area (Å²) in [6.07, 6.45) is 0. The second kappa shape index (κ2) is 8.69. The second-order valence-corrected chi connectivity index (χ2v) is 12.8. The molecule has 3 aliphatic rings. The molecule has 0 radical (unpaired) electrons. The van der Waals surface area contributed by atoms with Gasteiger partial charge < -0.3 is 23.3 Å². The van der Waals surface area contributed by atoms with Crippen molar-refractivity contribution in [2.45, 2.75) is 0 Å². The number of hydrogen-bond acceptors (Lipinski definition) is 3. The van der Waals surface area contributed by atoms with Gasteiger partial charge in [-0.2, -0.15) is 0 Å². The molecule has 0 atom stereocenters. The minimum atomic E-state index is -0.0248. The van der Waals surface area contributed by atoms with E-state index in [9.17, 15) is 0 Å². The molecule has 0 saturated heterocycles. The summed E-state index contributed by atoms with van der Waals surface area (Å²) in [7, 11) is 0. The molecule has 5 heterocycles. The first-order valence-corrected chi connectivity index (χ1v) is 16.3. The van der Waals surface area contributed by atoms with Crippen LogP contribution in [0.1, 0.15) is 0 Å². The van der Waals surface area contributed by atoms with E-state index < -0.39 is 0 Å². The number of aromatic nitrogens is 2. The lowest BCUT2D eigenvalue weighted by atomic mass is 9.34. The van der Waals surface area contributed by atoms with Gasteiger partial charge in [-0.05, 0) is 48.5 Å². The molecule has 222 valence electrons. The van der Waals surface area contributed by atoms with Crippen molar-refractivity contribution < 1.29 is 14.2 Å². The maximum Gasteiger partial charge on any atom is 0.270 e. The molecule has 0 aliphatic carbocycles. The lowest BCUT2D eigenvalue weighted by molar-refractivity contribution is 0.442. The molecule has 48 heavy (non-hydrogen) atoms. The zero-order valence-corrected chi connectivity index (χ0v) is 25.5. The first kappa shape index (κ1) is 24.8. The Hall–Kier alpha value is -6.40. The molecule has 0 unspecified atom stereocenters. The summed E-state index contributed by atoms with van der Waals surface area (Å²) in [5.41, 5.74) is 9.89. The third-order valence-corrected chi connectivity index (χ3v) is 10.4. The summed E-state index contributed by atoms with van der Waals surface area (Å²) in [5.74, 6) is 4.93. The van der Waals surface area contributed by atoms with Gasteiger partial charge >= 0.3 is 0 Å². The van der Waals surface area contributed by atoms with Gasteiger partial charge in [0.1, 0.15) is 34.5 Å². The molecule has 5 nitrogen and oxygen atoms in total. The summed E-state index contributed by atoms with van der Waals surface area (Å²) in [6.45, 7) is -0.0248. The van der Waals surface area contributed by atoms with E-state index in [1.807, 2.05) is 36.4 Å². The third kappa shape index (κ3) is 2.99. The van der Waals surface area contributed by atoms with E-state index in [1.54, 1.807) is 0 Å². The normalized spacial score (nSPS) is 13.5. The van der Waals surface area contributed by atoms with Gasteiger partial charge in [0.15, 0.2) is 0 Å². The Kier molecular flexibility index (Phi) is 4.49.